The van der Waals surface area contributed by atoms with Crippen molar-refractivity contribution in [3.05, 3.63) is 0 Å². The van der Waals surface area contributed by atoms with Crippen LogP contribution in [0.25, 0.3) is 0 Å². The van der Waals surface area contributed by atoms with Gasteiger partial charge in [-0.2, -0.15) is 0 Å². The standard InChI is InChI=1S/C12H24N2O2/c1-12(2,6-9-15)10-13-11(16)14-7-4-3-5-8-14/h15H,3-10H2,1-2H3,(H,13,16). The number of likely N-dealkylation sites (tertiary alicyclic amines) is 1. The minimum atomic E-state index is -0.0276. The van der Waals surface area contributed by atoms with Crippen LogP contribution in [0.5, 0.6) is 0 Å². The second-order valence-electron chi connectivity index (χ2n) is 5.34. The maximum absolute atomic E-state index is 11.8. The third-order valence-electron chi connectivity index (χ3n) is 3.15. The molecule has 0 radical (unpaired) electrons. The molecule has 1 aliphatic heterocycles. The molecule has 94 valence electrons. The van der Waals surface area contributed by atoms with Gasteiger partial charge in [-0.1, -0.05) is 13.8 Å². The molecule has 2 N–H and O–H groups in total. The van der Waals surface area contributed by atoms with Crippen LogP contribution in [0, 0.1) is 5.41 Å². The van der Waals surface area contributed by atoms with E-state index in [2.05, 4.69) is 19.2 Å². The molecule has 0 spiro atoms. The van der Waals surface area contributed by atoms with Gasteiger partial charge in [0.15, 0.2) is 0 Å². The monoisotopic (exact) mass is 228 g/mol. The first-order valence-electron chi connectivity index (χ1n) is 6.19. The first kappa shape index (κ1) is 13.3. The molecular formula is C12H24N2O2. The highest BCUT2D eigenvalue weighted by molar-refractivity contribution is 5.74. The molecule has 4 heteroatoms. The van der Waals surface area contributed by atoms with Crippen molar-refractivity contribution in [2.24, 2.45) is 5.41 Å². The minimum absolute atomic E-state index is 0.0276. The Labute approximate surface area is 98.0 Å². The summed E-state index contributed by atoms with van der Waals surface area (Å²) in [7, 11) is 0. The Bertz CT molecular complexity index is 223. The Morgan fingerprint density at radius 1 is 1.31 bits per heavy atom. The van der Waals surface area contributed by atoms with Crippen LogP contribution >= 0.6 is 0 Å². The summed E-state index contributed by atoms with van der Waals surface area (Å²) in [4.78, 5) is 13.7. The van der Waals surface area contributed by atoms with E-state index in [0.717, 1.165) is 25.9 Å². The van der Waals surface area contributed by atoms with Crippen LogP contribution in [0.1, 0.15) is 39.5 Å². The van der Waals surface area contributed by atoms with Crippen molar-refractivity contribution < 1.29 is 9.90 Å². The van der Waals surface area contributed by atoms with Gasteiger partial charge >= 0.3 is 6.03 Å². The average molecular weight is 228 g/mol. The molecule has 16 heavy (non-hydrogen) atoms. The number of nitrogens with zero attached hydrogens (tertiary/aromatic N) is 1. The highest BCUT2D eigenvalue weighted by Gasteiger charge is 2.21. The molecule has 0 aromatic heterocycles. The average Bonchev–Trinajstić information content (AvgIpc) is 2.27. The van der Waals surface area contributed by atoms with Crippen LogP contribution < -0.4 is 5.32 Å². The quantitative estimate of drug-likeness (QED) is 0.767. The van der Waals surface area contributed by atoms with Crippen molar-refractivity contribution in [3.63, 3.8) is 0 Å². The number of urea groups is 1. The van der Waals surface area contributed by atoms with Crippen molar-refractivity contribution >= 4 is 6.03 Å². The summed E-state index contributed by atoms with van der Waals surface area (Å²) < 4.78 is 0. The molecule has 2 amide bonds. The van der Waals surface area contributed by atoms with Crippen molar-refractivity contribution in [2.45, 2.75) is 39.5 Å². The fourth-order valence-corrected chi connectivity index (χ4v) is 1.91. The number of hydrogen-bond acceptors (Lipinski definition) is 2. The summed E-state index contributed by atoms with van der Waals surface area (Å²) in [5.74, 6) is 0. The second kappa shape index (κ2) is 6.09. The largest absolute Gasteiger partial charge is 0.396 e. The van der Waals surface area contributed by atoms with E-state index in [9.17, 15) is 4.79 Å². The summed E-state index contributed by atoms with van der Waals surface area (Å²) >= 11 is 0. The maximum atomic E-state index is 11.8. The molecule has 1 aliphatic rings. The molecule has 0 aromatic carbocycles. The van der Waals surface area contributed by atoms with Gasteiger partial charge in [-0.15, -0.1) is 0 Å². The number of piperidine rings is 1. The molecule has 0 saturated carbocycles. The lowest BCUT2D eigenvalue weighted by Gasteiger charge is -2.30. The molecule has 0 bridgehead atoms. The van der Waals surface area contributed by atoms with Gasteiger partial charge in [0.05, 0.1) is 0 Å². The SMILES string of the molecule is CC(C)(CCO)CNC(=O)N1CCCCC1. The Morgan fingerprint density at radius 2 is 1.94 bits per heavy atom. The Kier molecular flexibility index (Phi) is 5.06. The Hall–Kier alpha value is -0.770. The van der Waals surface area contributed by atoms with Gasteiger partial charge in [0.1, 0.15) is 0 Å². The number of carbonyl (C=O) groups is 1. The fourth-order valence-electron chi connectivity index (χ4n) is 1.91. The number of aliphatic hydroxyl groups excluding tert-OH is 1. The number of aliphatic hydroxyl groups is 1. The van der Waals surface area contributed by atoms with Crippen molar-refractivity contribution in [2.75, 3.05) is 26.2 Å². The molecule has 0 aliphatic carbocycles. The lowest BCUT2D eigenvalue weighted by molar-refractivity contribution is 0.172. The summed E-state index contributed by atoms with van der Waals surface area (Å²) in [5.41, 5.74) is -0.0276. The number of carbonyl (C=O) groups excluding carboxylic acids is 1. The van der Waals surface area contributed by atoms with Gasteiger partial charge in [-0.05, 0) is 31.1 Å². The molecule has 1 heterocycles. The molecule has 4 nitrogen and oxygen atoms in total. The lowest BCUT2D eigenvalue weighted by Crippen LogP contribution is -2.45. The van der Waals surface area contributed by atoms with Crippen LogP contribution in [-0.2, 0) is 0 Å². The van der Waals surface area contributed by atoms with Gasteiger partial charge < -0.3 is 15.3 Å². The van der Waals surface area contributed by atoms with E-state index in [4.69, 9.17) is 5.11 Å². The van der Waals surface area contributed by atoms with Gasteiger partial charge in [0.2, 0.25) is 0 Å². The van der Waals surface area contributed by atoms with Crippen molar-refractivity contribution in [1.82, 2.24) is 10.2 Å². The molecule has 0 aromatic rings. The molecule has 1 fully saturated rings. The summed E-state index contributed by atoms with van der Waals surface area (Å²) in [6.45, 7) is 6.67. The van der Waals surface area contributed by atoms with E-state index in [1.807, 2.05) is 4.90 Å². The van der Waals surface area contributed by atoms with Gasteiger partial charge in [0, 0.05) is 26.2 Å². The summed E-state index contributed by atoms with van der Waals surface area (Å²) in [5, 5.41) is 11.8. The van der Waals surface area contributed by atoms with Gasteiger partial charge in [-0.25, -0.2) is 4.79 Å². The maximum Gasteiger partial charge on any atom is 0.317 e. The third kappa shape index (κ3) is 4.39. The molecular weight excluding hydrogens is 204 g/mol. The second-order valence-corrected chi connectivity index (χ2v) is 5.34. The summed E-state index contributed by atoms with van der Waals surface area (Å²) in [6.07, 6.45) is 4.19. The fraction of sp³-hybridized carbons (Fsp3) is 0.917. The van der Waals surface area contributed by atoms with E-state index >= 15 is 0 Å². The molecule has 1 saturated heterocycles. The zero-order valence-corrected chi connectivity index (χ0v) is 10.5. The predicted octanol–water partition coefficient (Wildman–Crippen LogP) is 1.59. The molecule has 1 rings (SSSR count). The van der Waals surface area contributed by atoms with Gasteiger partial charge in [-0.3, -0.25) is 0 Å². The van der Waals surface area contributed by atoms with E-state index in [1.54, 1.807) is 0 Å². The highest BCUT2D eigenvalue weighted by Crippen LogP contribution is 2.18. The summed E-state index contributed by atoms with van der Waals surface area (Å²) in [6, 6.07) is 0.0470. The Morgan fingerprint density at radius 3 is 2.50 bits per heavy atom. The number of hydrogen-bond donors (Lipinski definition) is 2. The van der Waals surface area contributed by atoms with Crippen LogP contribution in [0.2, 0.25) is 0 Å². The van der Waals surface area contributed by atoms with Crippen LogP contribution in [-0.4, -0.2) is 42.3 Å². The Balaban J connectivity index is 2.28. The van der Waals surface area contributed by atoms with Crippen molar-refractivity contribution in [3.8, 4) is 0 Å². The number of amides is 2. The van der Waals surface area contributed by atoms with Gasteiger partial charge in [0.25, 0.3) is 0 Å². The smallest absolute Gasteiger partial charge is 0.317 e. The zero-order valence-electron chi connectivity index (χ0n) is 10.5. The third-order valence-corrected chi connectivity index (χ3v) is 3.15. The van der Waals surface area contributed by atoms with E-state index in [-0.39, 0.29) is 18.1 Å². The van der Waals surface area contributed by atoms with E-state index in [1.165, 1.54) is 6.42 Å². The highest BCUT2D eigenvalue weighted by atomic mass is 16.3. The van der Waals surface area contributed by atoms with Crippen LogP contribution in [0.15, 0.2) is 0 Å². The molecule has 0 unspecified atom stereocenters. The number of nitrogens with one attached hydrogen (secondary N) is 1. The zero-order chi connectivity index (χ0) is 12.0. The first-order valence-corrected chi connectivity index (χ1v) is 6.19. The minimum Gasteiger partial charge on any atom is -0.396 e. The van der Waals surface area contributed by atoms with E-state index in [0.29, 0.717) is 13.0 Å². The first-order chi connectivity index (χ1) is 7.55. The lowest BCUT2D eigenvalue weighted by atomic mass is 9.90. The normalized spacial score (nSPS) is 17.3. The van der Waals surface area contributed by atoms with Crippen LogP contribution in [0.4, 0.5) is 4.79 Å². The molecule has 0 atom stereocenters. The number of rotatable bonds is 4. The van der Waals surface area contributed by atoms with E-state index < -0.39 is 0 Å². The van der Waals surface area contributed by atoms with Crippen LogP contribution in [0.3, 0.4) is 0 Å². The topological polar surface area (TPSA) is 52.6 Å². The van der Waals surface area contributed by atoms with Crippen molar-refractivity contribution in [1.29, 1.82) is 0 Å². The predicted molar refractivity (Wildman–Crippen MR) is 64.3 cm³/mol.